The van der Waals surface area contributed by atoms with Crippen LogP contribution in [0.25, 0.3) is 10.9 Å². The maximum absolute atomic E-state index is 10.8. The van der Waals surface area contributed by atoms with Gasteiger partial charge in [-0.3, -0.25) is 14.9 Å². The second-order valence-corrected chi connectivity index (χ2v) is 3.58. The minimum absolute atomic E-state index is 0.00653. The summed E-state index contributed by atoms with van der Waals surface area (Å²) in [4.78, 5) is 23.5. The second kappa shape index (κ2) is 4.25. The van der Waals surface area contributed by atoms with E-state index in [-0.39, 0.29) is 5.69 Å². The molecule has 1 aromatic heterocycles. The molecule has 1 aromatic carbocycles. The van der Waals surface area contributed by atoms with Gasteiger partial charge in [-0.15, -0.1) is 0 Å². The predicted octanol–water partition coefficient (Wildman–Crippen LogP) is 2.31. The summed E-state index contributed by atoms with van der Waals surface area (Å²) in [5.41, 5.74) is 1.16. The highest BCUT2D eigenvalue weighted by molar-refractivity contribution is 5.90. The normalized spacial score (nSPS) is 12.3. The summed E-state index contributed by atoms with van der Waals surface area (Å²) in [7, 11) is 0. The third kappa shape index (κ3) is 1.84. The molecule has 0 radical (unpaired) electrons. The zero-order valence-electron chi connectivity index (χ0n) is 9.04. The van der Waals surface area contributed by atoms with Gasteiger partial charge in [0, 0.05) is 23.2 Å². The van der Waals surface area contributed by atoms with Crippen LogP contribution < -0.4 is 0 Å². The Morgan fingerprint density at radius 2 is 2.29 bits per heavy atom. The van der Waals surface area contributed by atoms with Crippen LogP contribution in [-0.4, -0.2) is 16.4 Å². The molecule has 0 fully saturated rings. The van der Waals surface area contributed by atoms with E-state index in [4.69, 9.17) is 4.74 Å². The molecule has 6 nitrogen and oxygen atoms in total. The third-order valence-corrected chi connectivity index (χ3v) is 2.62. The molecular weight excluding hydrogens is 224 g/mol. The number of aromatic nitrogens is 1. The molecular formula is C11H10N2O4. The maximum atomic E-state index is 10.8. The molecule has 6 heteroatoms. The number of non-ortho nitro benzene ring substituents is 1. The summed E-state index contributed by atoms with van der Waals surface area (Å²) < 4.78 is 4.82. The van der Waals surface area contributed by atoms with E-state index in [2.05, 4.69) is 4.98 Å². The molecule has 2 rings (SSSR count). The topological polar surface area (TPSA) is 85.2 Å². The van der Waals surface area contributed by atoms with Crippen molar-refractivity contribution in [3.8, 4) is 0 Å². The fraction of sp³-hybridized carbons (Fsp3) is 0.182. The van der Waals surface area contributed by atoms with E-state index in [1.54, 1.807) is 25.3 Å². The lowest BCUT2D eigenvalue weighted by Crippen LogP contribution is -1.96. The van der Waals surface area contributed by atoms with E-state index in [0.29, 0.717) is 17.4 Å². The quantitative estimate of drug-likeness (QED) is 0.499. The highest BCUT2D eigenvalue weighted by atomic mass is 16.6. The molecule has 0 aliphatic carbocycles. The minimum atomic E-state index is -0.451. The Hall–Kier alpha value is -2.37. The van der Waals surface area contributed by atoms with E-state index < -0.39 is 11.0 Å². The van der Waals surface area contributed by atoms with Crippen LogP contribution in [-0.2, 0) is 9.53 Å². The van der Waals surface area contributed by atoms with Gasteiger partial charge in [0.15, 0.2) is 0 Å². The van der Waals surface area contributed by atoms with Crippen molar-refractivity contribution in [2.45, 2.75) is 13.0 Å². The molecule has 1 N–H and O–H groups in total. The number of ether oxygens (including phenoxy) is 1. The third-order valence-electron chi connectivity index (χ3n) is 2.62. The molecule has 1 heterocycles. The minimum Gasteiger partial charge on any atom is -0.460 e. The van der Waals surface area contributed by atoms with Crippen LogP contribution in [0.15, 0.2) is 24.4 Å². The van der Waals surface area contributed by atoms with Gasteiger partial charge in [-0.1, -0.05) is 12.1 Å². The Morgan fingerprint density at radius 3 is 2.94 bits per heavy atom. The van der Waals surface area contributed by atoms with Gasteiger partial charge in [0.1, 0.15) is 11.6 Å². The molecule has 0 saturated heterocycles. The number of rotatable bonds is 4. The first kappa shape index (κ1) is 11.1. The SMILES string of the molecule is CC(OC=O)c1c[nH]c2c([N+](=O)[O-])cccc12. The molecule has 2 aromatic rings. The number of hydrogen-bond donors (Lipinski definition) is 1. The number of hydrogen-bond acceptors (Lipinski definition) is 4. The number of carbonyl (C=O) groups is 1. The lowest BCUT2D eigenvalue weighted by atomic mass is 10.1. The highest BCUT2D eigenvalue weighted by Crippen LogP contribution is 2.31. The Morgan fingerprint density at radius 1 is 1.53 bits per heavy atom. The fourth-order valence-electron chi connectivity index (χ4n) is 1.81. The van der Waals surface area contributed by atoms with Crippen LogP contribution in [0.4, 0.5) is 5.69 Å². The average Bonchev–Trinajstić information content (AvgIpc) is 2.72. The second-order valence-electron chi connectivity index (χ2n) is 3.58. The first-order valence-corrected chi connectivity index (χ1v) is 4.98. The van der Waals surface area contributed by atoms with Crippen LogP contribution in [0.5, 0.6) is 0 Å². The number of para-hydroxylation sites is 1. The highest BCUT2D eigenvalue weighted by Gasteiger charge is 2.18. The maximum Gasteiger partial charge on any atom is 0.293 e. The number of aromatic amines is 1. The van der Waals surface area contributed by atoms with Crippen LogP contribution in [0.3, 0.4) is 0 Å². The first-order valence-electron chi connectivity index (χ1n) is 4.98. The van der Waals surface area contributed by atoms with E-state index in [1.165, 1.54) is 6.07 Å². The van der Waals surface area contributed by atoms with E-state index >= 15 is 0 Å². The fourth-order valence-corrected chi connectivity index (χ4v) is 1.81. The van der Waals surface area contributed by atoms with Crippen LogP contribution in [0, 0.1) is 10.1 Å². The van der Waals surface area contributed by atoms with E-state index in [9.17, 15) is 14.9 Å². The molecule has 0 amide bonds. The Balaban J connectivity index is 2.58. The number of nitro groups is 1. The van der Waals surface area contributed by atoms with Crippen LogP contribution in [0.2, 0.25) is 0 Å². The van der Waals surface area contributed by atoms with Gasteiger partial charge in [0.2, 0.25) is 0 Å². The molecule has 1 unspecified atom stereocenters. The monoisotopic (exact) mass is 234 g/mol. The Labute approximate surface area is 96.3 Å². The number of nitro benzene ring substituents is 1. The number of fused-ring (bicyclic) bond motifs is 1. The summed E-state index contributed by atoms with van der Waals surface area (Å²) in [5.74, 6) is 0. The molecule has 17 heavy (non-hydrogen) atoms. The van der Waals surface area contributed by atoms with Crippen molar-refractivity contribution in [2.24, 2.45) is 0 Å². The van der Waals surface area contributed by atoms with Crippen molar-refractivity contribution < 1.29 is 14.5 Å². The van der Waals surface area contributed by atoms with Crippen molar-refractivity contribution >= 4 is 23.1 Å². The number of nitrogens with one attached hydrogen (secondary N) is 1. The molecule has 0 aliphatic heterocycles. The van der Waals surface area contributed by atoms with Gasteiger partial charge in [-0.25, -0.2) is 0 Å². The molecule has 0 spiro atoms. The summed E-state index contributed by atoms with van der Waals surface area (Å²) in [6.07, 6.45) is 1.18. The van der Waals surface area contributed by atoms with Gasteiger partial charge >= 0.3 is 0 Å². The molecule has 0 bridgehead atoms. The van der Waals surface area contributed by atoms with Crippen molar-refractivity contribution in [3.63, 3.8) is 0 Å². The largest absolute Gasteiger partial charge is 0.460 e. The first-order chi connectivity index (χ1) is 8.15. The van der Waals surface area contributed by atoms with Gasteiger partial charge in [0.25, 0.3) is 12.2 Å². The molecule has 1 atom stereocenters. The van der Waals surface area contributed by atoms with Crippen molar-refractivity contribution in [1.82, 2.24) is 4.98 Å². The van der Waals surface area contributed by atoms with Crippen molar-refractivity contribution in [3.05, 3.63) is 40.1 Å². The zero-order chi connectivity index (χ0) is 12.4. The van der Waals surface area contributed by atoms with Gasteiger partial charge in [-0.05, 0) is 6.92 Å². The lowest BCUT2D eigenvalue weighted by Gasteiger charge is -2.07. The predicted molar refractivity (Wildman–Crippen MR) is 60.5 cm³/mol. The number of nitrogens with zero attached hydrogens (tertiary/aromatic N) is 1. The lowest BCUT2D eigenvalue weighted by molar-refractivity contribution is -0.383. The number of benzene rings is 1. The molecule has 0 aliphatic rings. The average molecular weight is 234 g/mol. The summed E-state index contributed by atoms with van der Waals surface area (Å²) >= 11 is 0. The van der Waals surface area contributed by atoms with Gasteiger partial charge < -0.3 is 9.72 Å². The van der Waals surface area contributed by atoms with Gasteiger partial charge in [0.05, 0.1) is 4.92 Å². The molecule has 88 valence electrons. The van der Waals surface area contributed by atoms with Crippen molar-refractivity contribution in [2.75, 3.05) is 0 Å². The van der Waals surface area contributed by atoms with E-state index in [0.717, 1.165) is 5.56 Å². The summed E-state index contributed by atoms with van der Waals surface area (Å²) in [6.45, 7) is 2.07. The van der Waals surface area contributed by atoms with Crippen molar-refractivity contribution in [1.29, 1.82) is 0 Å². The standard InChI is InChI=1S/C11H10N2O4/c1-7(17-6-14)9-5-12-11-8(9)3-2-4-10(11)13(15)16/h2-7,12H,1H3. The van der Waals surface area contributed by atoms with Gasteiger partial charge in [-0.2, -0.15) is 0 Å². The summed E-state index contributed by atoms with van der Waals surface area (Å²) in [5, 5.41) is 11.5. The smallest absolute Gasteiger partial charge is 0.293 e. The Bertz CT molecular complexity index is 576. The Kier molecular flexibility index (Phi) is 2.78. The number of carbonyl (C=O) groups excluding carboxylic acids is 1. The van der Waals surface area contributed by atoms with E-state index in [1.807, 2.05) is 0 Å². The molecule has 0 saturated carbocycles. The van der Waals surface area contributed by atoms with Crippen LogP contribution >= 0.6 is 0 Å². The zero-order valence-corrected chi connectivity index (χ0v) is 9.04. The van der Waals surface area contributed by atoms with Crippen LogP contribution in [0.1, 0.15) is 18.6 Å². The summed E-state index contributed by atoms with van der Waals surface area (Å²) in [6, 6.07) is 4.78. The number of H-pyrrole nitrogens is 1.